The molecule has 1 aliphatic carbocycles. The first-order valence-electron chi connectivity index (χ1n) is 5.18. The summed E-state index contributed by atoms with van der Waals surface area (Å²) in [5, 5.41) is 0. The molecule has 3 rings (SSSR count). The average molecular weight is 217 g/mol. The van der Waals surface area contributed by atoms with E-state index in [4.69, 9.17) is 0 Å². The molecule has 1 fully saturated rings. The van der Waals surface area contributed by atoms with E-state index < -0.39 is 0 Å². The molecule has 76 valence electrons. The number of amides is 1. The number of aliphatic imine (C=N–C) groups is 1. The van der Waals surface area contributed by atoms with Gasteiger partial charge in [-0.3, -0.25) is 4.79 Å². The van der Waals surface area contributed by atoms with Gasteiger partial charge < -0.3 is 0 Å². The fourth-order valence-corrected chi connectivity index (χ4v) is 2.76. The second kappa shape index (κ2) is 3.49. The number of fused-ring (bicyclic) bond motifs is 1. The SMILES string of the molecule is O=C1N=Cc2cc(SCC3CC3)ccc21. The van der Waals surface area contributed by atoms with E-state index in [0.29, 0.717) is 0 Å². The minimum Gasteiger partial charge on any atom is -0.267 e. The van der Waals surface area contributed by atoms with Crippen molar-refractivity contribution < 1.29 is 4.79 Å². The largest absolute Gasteiger partial charge is 0.277 e. The van der Waals surface area contributed by atoms with Crippen molar-refractivity contribution in [3.63, 3.8) is 0 Å². The highest BCUT2D eigenvalue weighted by atomic mass is 32.2. The molecule has 0 N–H and O–H groups in total. The van der Waals surface area contributed by atoms with Crippen LogP contribution in [0.25, 0.3) is 0 Å². The zero-order chi connectivity index (χ0) is 10.3. The Morgan fingerprint density at radius 1 is 1.40 bits per heavy atom. The van der Waals surface area contributed by atoms with Gasteiger partial charge in [-0.2, -0.15) is 0 Å². The monoisotopic (exact) mass is 217 g/mol. The third-order valence-corrected chi connectivity index (χ3v) is 3.98. The summed E-state index contributed by atoms with van der Waals surface area (Å²) in [5.74, 6) is 2.03. The molecular weight excluding hydrogens is 206 g/mol. The average Bonchev–Trinajstić information content (AvgIpc) is 3.01. The van der Waals surface area contributed by atoms with E-state index in [0.717, 1.165) is 17.0 Å². The number of thioether (sulfide) groups is 1. The van der Waals surface area contributed by atoms with Crippen LogP contribution in [0.1, 0.15) is 28.8 Å². The number of hydrogen-bond acceptors (Lipinski definition) is 2. The van der Waals surface area contributed by atoms with Crippen LogP contribution in [0.5, 0.6) is 0 Å². The van der Waals surface area contributed by atoms with Crippen molar-refractivity contribution in [1.82, 2.24) is 0 Å². The molecular formula is C12H11NOS. The molecule has 0 atom stereocenters. The molecule has 0 bridgehead atoms. The van der Waals surface area contributed by atoms with Gasteiger partial charge in [-0.15, -0.1) is 11.8 Å². The number of nitrogens with zero attached hydrogens (tertiary/aromatic N) is 1. The maximum absolute atomic E-state index is 11.2. The normalized spacial score (nSPS) is 18.3. The zero-order valence-electron chi connectivity index (χ0n) is 8.27. The molecule has 0 unspecified atom stereocenters. The van der Waals surface area contributed by atoms with Crippen molar-refractivity contribution in [2.24, 2.45) is 10.9 Å². The molecule has 15 heavy (non-hydrogen) atoms. The summed E-state index contributed by atoms with van der Waals surface area (Å²) < 4.78 is 0. The van der Waals surface area contributed by atoms with Gasteiger partial charge >= 0.3 is 0 Å². The maximum atomic E-state index is 11.2. The summed E-state index contributed by atoms with van der Waals surface area (Å²) in [5.41, 5.74) is 1.71. The van der Waals surface area contributed by atoms with Crippen LogP contribution in [0.4, 0.5) is 0 Å². The summed E-state index contributed by atoms with van der Waals surface area (Å²) in [4.78, 5) is 16.3. The van der Waals surface area contributed by atoms with Gasteiger partial charge in [-0.1, -0.05) is 0 Å². The van der Waals surface area contributed by atoms with Gasteiger partial charge in [0.2, 0.25) is 0 Å². The van der Waals surface area contributed by atoms with Crippen molar-refractivity contribution in [3.05, 3.63) is 29.3 Å². The summed E-state index contributed by atoms with van der Waals surface area (Å²) in [7, 11) is 0. The molecule has 0 spiro atoms. The van der Waals surface area contributed by atoms with Crippen LogP contribution in [0, 0.1) is 5.92 Å². The number of carbonyl (C=O) groups excluding carboxylic acids is 1. The molecule has 1 aromatic carbocycles. The van der Waals surface area contributed by atoms with E-state index in [1.807, 2.05) is 23.9 Å². The lowest BCUT2D eigenvalue weighted by Crippen LogP contribution is -1.91. The highest BCUT2D eigenvalue weighted by molar-refractivity contribution is 7.99. The lowest BCUT2D eigenvalue weighted by molar-refractivity contribution is 0.101. The van der Waals surface area contributed by atoms with Gasteiger partial charge in [0.1, 0.15) is 0 Å². The van der Waals surface area contributed by atoms with E-state index >= 15 is 0 Å². The summed E-state index contributed by atoms with van der Waals surface area (Å²) in [6, 6.07) is 5.98. The predicted octanol–water partition coefficient (Wildman–Crippen LogP) is 2.76. The van der Waals surface area contributed by atoms with E-state index in [1.54, 1.807) is 6.21 Å². The van der Waals surface area contributed by atoms with Gasteiger partial charge in [0.25, 0.3) is 5.91 Å². The standard InChI is InChI=1S/C12H11NOS/c14-12-11-4-3-10(5-9(11)6-13-12)15-7-8-1-2-8/h3-6,8H,1-2,7H2. The van der Waals surface area contributed by atoms with Crippen molar-refractivity contribution >= 4 is 23.9 Å². The van der Waals surface area contributed by atoms with Crippen molar-refractivity contribution in [1.29, 1.82) is 0 Å². The Morgan fingerprint density at radius 2 is 2.27 bits per heavy atom. The van der Waals surface area contributed by atoms with Crippen LogP contribution in [-0.4, -0.2) is 17.9 Å². The van der Waals surface area contributed by atoms with Crippen molar-refractivity contribution in [2.75, 3.05) is 5.75 Å². The first-order chi connectivity index (χ1) is 7.33. The maximum Gasteiger partial charge on any atom is 0.277 e. The summed E-state index contributed by atoms with van der Waals surface area (Å²) in [6.07, 6.45) is 4.44. The number of rotatable bonds is 3. The van der Waals surface area contributed by atoms with Crippen LogP contribution < -0.4 is 0 Å². The topological polar surface area (TPSA) is 29.4 Å². The number of carbonyl (C=O) groups is 1. The van der Waals surface area contributed by atoms with Gasteiger partial charge in [0.15, 0.2) is 0 Å². The Bertz CT molecular complexity index is 449. The van der Waals surface area contributed by atoms with Crippen LogP contribution in [-0.2, 0) is 0 Å². The van der Waals surface area contributed by atoms with Crippen LogP contribution in [0.3, 0.4) is 0 Å². The lowest BCUT2D eigenvalue weighted by atomic mass is 10.1. The zero-order valence-corrected chi connectivity index (χ0v) is 9.09. The fraction of sp³-hybridized carbons (Fsp3) is 0.333. The predicted molar refractivity (Wildman–Crippen MR) is 61.8 cm³/mol. The second-order valence-electron chi connectivity index (χ2n) is 4.07. The van der Waals surface area contributed by atoms with Crippen LogP contribution in [0.15, 0.2) is 28.1 Å². The first kappa shape index (κ1) is 9.16. The Labute approximate surface area is 92.8 Å². The molecule has 0 saturated heterocycles. The highest BCUT2D eigenvalue weighted by Crippen LogP contribution is 2.35. The van der Waals surface area contributed by atoms with Crippen molar-refractivity contribution in [3.8, 4) is 0 Å². The van der Waals surface area contributed by atoms with Crippen LogP contribution >= 0.6 is 11.8 Å². The minimum atomic E-state index is -0.108. The van der Waals surface area contributed by atoms with E-state index in [1.165, 1.54) is 23.5 Å². The molecule has 0 aromatic heterocycles. The Hall–Kier alpha value is -1.09. The van der Waals surface area contributed by atoms with Gasteiger partial charge in [0.05, 0.1) is 5.56 Å². The quantitative estimate of drug-likeness (QED) is 0.728. The van der Waals surface area contributed by atoms with Gasteiger partial charge in [0, 0.05) is 22.4 Å². The van der Waals surface area contributed by atoms with Gasteiger partial charge in [-0.05, 0) is 37.0 Å². The van der Waals surface area contributed by atoms with Crippen LogP contribution in [0.2, 0.25) is 0 Å². The molecule has 0 radical (unpaired) electrons. The Morgan fingerprint density at radius 3 is 3.07 bits per heavy atom. The molecule has 1 aromatic rings. The molecule has 2 aliphatic rings. The fourth-order valence-electron chi connectivity index (χ4n) is 1.63. The van der Waals surface area contributed by atoms with Crippen molar-refractivity contribution in [2.45, 2.75) is 17.7 Å². The van der Waals surface area contributed by atoms with E-state index in [-0.39, 0.29) is 5.91 Å². The molecule has 1 amide bonds. The Kier molecular flexibility index (Phi) is 2.13. The first-order valence-corrected chi connectivity index (χ1v) is 6.17. The lowest BCUT2D eigenvalue weighted by Gasteiger charge is -2.02. The second-order valence-corrected chi connectivity index (χ2v) is 5.16. The minimum absolute atomic E-state index is 0.108. The van der Waals surface area contributed by atoms with E-state index in [9.17, 15) is 4.79 Å². The third kappa shape index (κ3) is 1.84. The highest BCUT2D eigenvalue weighted by Gasteiger charge is 2.21. The van der Waals surface area contributed by atoms with Gasteiger partial charge in [-0.25, -0.2) is 4.99 Å². The molecule has 1 saturated carbocycles. The Balaban J connectivity index is 1.79. The molecule has 1 heterocycles. The third-order valence-electron chi connectivity index (χ3n) is 2.76. The molecule has 3 heteroatoms. The smallest absolute Gasteiger partial charge is 0.267 e. The van der Waals surface area contributed by atoms with E-state index in [2.05, 4.69) is 11.1 Å². The molecule has 1 aliphatic heterocycles. The summed E-state index contributed by atoms with van der Waals surface area (Å²) in [6.45, 7) is 0. The summed E-state index contributed by atoms with van der Waals surface area (Å²) >= 11 is 1.89. The molecule has 2 nitrogen and oxygen atoms in total. The number of benzene rings is 1. The number of hydrogen-bond donors (Lipinski definition) is 0.